The summed E-state index contributed by atoms with van der Waals surface area (Å²) < 4.78 is 0. The number of hydrogen-bond donors (Lipinski definition) is 2. The van der Waals surface area contributed by atoms with Gasteiger partial charge < -0.3 is 10.8 Å². The minimum Gasteiger partial charge on any atom is -0.508 e. The Hall–Kier alpha value is -0.440. The molecule has 0 saturated carbocycles. The van der Waals surface area contributed by atoms with Crippen molar-refractivity contribution in [3.63, 3.8) is 0 Å². The lowest BCUT2D eigenvalue weighted by Gasteiger charge is -2.09. The number of benzene rings is 1. The van der Waals surface area contributed by atoms with Crippen molar-refractivity contribution in [2.24, 2.45) is 5.73 Å². The first-order valence-corrected chi connectivity index (χ1v) is 4.14. The molecule has 3 N–H and O–H groups in total. The van der Waals surface area contributed by atoms with Crippen LogP contribution in [0, 0.1) is 6.92 Å². The largest absolute Gasteiger partial charge is 0.508 e. The third kappa shape index (κ3) is 2.76. The van der Waals surface area contributed by atoms with Gasteiger partial charge in [-0.05, 0) is 31.5 Å². The summed E-state index contributed by atoms with van der Waals surface area (Å²) in [6, 6.07) is 3.14. The Balaban J connectivity index is 0.00000144. The molecule has 0 aliphatic carbocycles. The van der Waals surface area contributed by atoms with Crippen LogP contribution in [0.5, 0.6) is 5.75 Å². The molecule has 0 amide bonds. The van der Waals surface area contributed by atoms with Gasteiger partial charge in [0.1, 0.15) is 5.75 Å². The highest BCUT2D eigenvalue weighted by atomic mass is 35.5. The van der Waals surface area contributed by atoms with Crippen LogP contribution in [-0.4, -0.2) is 5.11 Å². The molecule has 0 aliphatic heterocycles. The van der Waals surface area contributed by atoms with E-state index in [1.165, 1.54) is 0 Å². The summed E-state index contributed by atoms with van der Waals surface area (Å²) in [4.78, 5) is 0. The molecule has 0 heterocycles. The second-order valence-corrected chi connectivity index (χ2v) is 3.36. The minimum absolute atomic E-state index is 0. The van der Waals surface area contributed by atoms with Crippen molar-refractivity contribution in [1.82, 2.24) is 0 Å². The first-order valence-electron chi connectivity index (χ1n) is 3.77. The van der Waals surface area contributed by atoms with E-state index < -0.39 is 0 Å². The van der Waals surface area contributed by atoms with Crippen LogP contribution in [0.3, 0.4) is 0 Å². The molecule has 1 aromatic carbocycles. The summed E-state index contributed by atoms with van der Waals surface area (Å²) in [7, 11) is 0. The van der Waals surface area contributed by atoms with E-state index in [2.05, 4.69) is 0 Å². The summed E-state index contributed by atoms with van der Waals surface area (Å²) in [6.45, 7) is 3.65. The van der Waals surface area contributed by atoms with Crippen LogP contribution in [0.2, 0.25) is 5.02 Å². The molecule has 2 nitrogen and oxygen atoms in total. The molecule has 0 bridgehead atoms. The fourth-order valence-electron chi connectivity index (χ4n) is 1.05. The summed E-state index contributed by atoms with van der Waals surface area (Å²) in [5.74, 6) is 0.215. The van der Waals surface area contributed by atoms with E-state index in [4.69, 9.17) is 17.3 Å². The molecule has 0 spiro atoms. The van der Waals surface area contributed by atoms with Crippen LogP contribution in [0.1, 0.15) is 24.1 Å². The van der Waals surface area contributed by atoms with Crippen molar-refractivity contribution in [1.29, 1.82) is 0 Å². The van der Waals surface area contributed by atoms with Crippen molar-refractivity contribution in [2.45, 2.75) is 19.9 Å². The summed E-state index contributed by atoms with van der Waals surface area (Å²) in [6.07, 6.45) is 0. The summed E-state index contributed by atoms with van der Waals surface area (Å²) >= 11 is 5.86. The van der Waals surface area contributed by atoms with Gasteiger partial charge in [-0.25, -0.2) is 0 Å². The maximum Gasteiger partial charge on any atom is 0.120 e. The highest BCUT2D eigenvalue weighted by Crippen LogP contribution is 2.28. The molecule has 4 heteroatoms. The van der Waals surface area contributed by atoms with E-state index in [1.807, 2.05) is 6.92 Å². The number of phenolic OH excluding ortho intramolecular Hbond substituents is 1. The normalized spacial score (nSPS) is 12.0. The van der Waals surface area contributed by atoms with Crippen LogP contribution >= 0.6 is 24.0 Å². The van der Waals surface area contributed by atoms with Crippen LogP contribution in [0.4, 0.5) is 0 Å². The number of phenols is 1. The predicted molar refractivity (Wildman–Crippen MR) is 57.7 cm³/mol. The average molecular weight is 222 g/mol. The van der Waals surface area contributed by atoms with Gasteiger partial charge in [0.25, 0.3) is 0 Å². The van der Waals surface area contributed by atoms with Crippen molar-refractivity contribution in [3.05, 3.63) is 28.3 Å². The fraction of sp³-hybridized carbons (Fsp3) is 0.333. The number of aromatic hydroxyl groups is 1. The number of rotatable bonds is 1. The number of aryl methyl sites for hydroxylation is 1. The smallest absolute Gasteiger partial charge is 0.120 e. The third-order valence-electron chi connectivity index (χ3n) is 1.80. The zero-order valence-electron chi connectivity index (χ0n) is 7.54. The number of nitrogens with two attached hydrogens (primary N) is 1. The van der Waals surface area contributed by atoms with Crippen LogP contribution in [0.25, 0.3) is 0 Å². The first-order chi connectivity index (χ1) is 5.52. The van der Waals surface area contributed by atoms with E-state index in [1.54, 1.807) is 19.1 Å². The maximum atomic E-state index is 9.45. The zero-order valence-corrected chi connectivity index (χ0v) is 9.12. The van der Waals surface area contributed by atoms with Gasteiger partial charge in [-0.2, -0.15) is 0 Å². The number of halogens is 2. The molecule has 0 saturated heterocycles. The Bertz CT molecular complexity index is 300. The van der Waals surface area contributed by atoms with Gasteiger partial charge in [-0.15, -0.1) is 12.4 Å². The standard InChI is InChI=1S/C9H12ClNO.ClH/c1-5-3-9(12)7(6(2)11)4-8(5)10;/h3-4,6,12H,11H2,1-2H3;1H/t6-;/m1./s1. The fourth-order valence-corrected chi connectivity index (χ4v) is 1.22. The molecule has 1 rings (SSSR count). The Morgan fingerprint density at radius 3 is 2.46 bits per heavy atom. The van der Waals surface area contributed by atoms with Gasteiger partial charge in [0.2, 0.25) is 0 Å². The molecular formula is C9H13Cl2NO. The Labute approximate surface area is 89.1 Å². The lowest BCUT2D eigenvalue weighted by Crippen LogP contribution is -2.05. The molecule has 1 aromatic rings. The number of hydrogen-bond acceptors (Lipinski definition) is 2. The molecule has 0 aliphatic rings. The van der Waals surface area contributed by atoms with Gasteiger partial charge in [0, 0.05) is 16.6 Å². The third-order valence-corrected chi connectivity index (χ3v) is 2.21. The Morgan fingerprint density at radius 2 is 2.00 bits per heavy atom. The SMILES string of the molecule is Cc1cc(O)c([C@@H](C)N)cc1Cl.Cl. The molecule has 0 unspecified atom stereocenters. The van der Waals surface area contributed by atoms with Crippen LogP contribution in [-0.2, 0) is 0 Å². The van der Waals surface area contributed by atoms with Gasteiger partial charge in [-0.1, -0.05) is 11.6 Å². The van der Waals surface area contributed by atoms with Gasteiger partial charge in [0.05, 0.1) is 0 Å². The summed E-state index contributed by atoms with van der Waals surface area (Å²) in [5, 5.41) is 10.1. The predicted octanol–water partition coefficient (Wildman–Crippen LogP) is 2.80. The highest BCUT2D eigenvalue weighted by molar-refractivity contribution is 6.31. The van der Waals surface area contributed by atoms with Gasteiger partial charge in [0.15, 0.2) is 0 Å². The monoisotopic (exact) mass is 221 g/mol. The molecule has 0 radical (unpaired) electrons. The average Bonchev–Trinajstić information content (AvgIpc) is 1.96. The van der Waals surface area contributed by atoms with Crippen molar-refractivity contribution in [2.75, 3.05) is 0 Å². The lowest BCUT2D eigenvalue weighted by atomic mass is 10.1. The van der Waals surface area contributed by atoms with E-state index >= 15 is 0 Å². The second kappa shape index (κ2) is 4.70. The van der Waals surface area contributed by atoms with Crippen molar-refractivity contribution < 1.29 is 5.11 Å². The van der Waals surface area contributed by atoms with Crippen molar-refractivity contribution in [3.8, 4) is 5.75 Å². The maximum absolute atomic E-state index is 9.45. The van der Waals surface area contributed by atoms with Gasteiger partial charge >= 0.3 is 0 Å². The quantitative estimate of drug-likeness (QED) is 0.767. The van der Waals surface area contributed by atoms with Gasteiger partial charge in [-0.3, -0.25) is 0 Å². The van der Waals surface area contributed by atoms with Crippen LogP contribution < -0.4 is 5.73 Å². The molecule has 13 heavy (non-hydrogen) atoms. The van der Waals surface area contributed by atoms with E-state index in [9.17, 15) is 5.11 Å². The zero-order chi connectivity index (χ0) is 9.30. The molecule has 0 aromatic heterocycles. The molecule has 74 valence electrons. The molecule has 0 fully saturated rings. The minimum atomic E-state index is -0.192. The van der Waals surface area contributed by atoms with E-state index in [0.29, 0.717) is 10.6 Å². The summed E-state index contributed by atoms with van der Waals surface area (Å²) in [5.41, 5.74) is 7.16. The molecular weight excluding hydrogens is 209 g/mol. The highest BCUT2D eigenvalue weighted by Gasteiger charge is 2.08. The topological polar surface area (TPSA) is 46.2 Å². The molecule has 1 atom stereocenters. The van der Waals surface area contributed by atoms with E-state index in [0.717, 1.165) is 5.56 Å². The van der Waals surface area contributed by atoms with Crippen molar-refractivity contribution >= 4 is 24.0 Å². The lowest BCUT2D eigenvalue weighted by molar-refractivity contribution is 0.463. The van der Waals surface area contributed by atoms with Crippen LogP contribution in [0.15, 0.2) is 12.1 Å². The van der Waals surface area contributed by atoms with E-state index in [-0.39, 0.29) is 24.2 Å². The second-order valence-electron chi connectivity index (χ2n) is 2.95. The Morgan fingerprint density at radius 1 is 1.46 bits per heavy atom. The Kier molecular flexibility index (Phi) is 4.54. The first kappa shape index (κ1) is 12.6.